The molecule has 236 valence electrons. The summed E-state index contributed by atoms with van der Waals surface area (Å²) in [7, 11) is 3.76. The lowest BCUT2D eigenvalue weighted by Gasteiger charge is -2.31. The summed E-state index contributed by atoms with van der Waals surface area (Å²) in [5.74, 6) is 0.481. The molecule has 2 atom stereocenters. The van der Waals surface area contributed by atoms with Crippen LogP contribution in [0.15, 0.2) is 91.0 Å². The molecule has 4 aromatic carbocycles. The van der Waals surface area contributed by atoms with E-state index < -0.39 is 6.10 Å². The second kappa shape index (κ2) is 15.9. The highest BCUT2D eigenvalue weighted by Crippen LogP contribution is 2.37. The van der Waals surface area contributed by atoms with Crippen LogP contribution in [0.4, 0.5) is 0 Å². The molecule has 5 heteroatoms. The first-order valence-corrected chi connectivity index (χ1v) is 16.4. The first-order chi connectivity index (χ1) is 22.0. The molecule has 0 aromatic heterocycles. The maximum atomic E-state index is 12.1. The molecule has 0 spiro atoms. The second-order valence-corrected chi connectivity index (χ2v) is 12.0. The number of hydrogen-bond donors (Lipinski definition) is 0. The van der Waals surface area contributed by atoms with Crippen molar-refractivity contribution in [2.75, 3.05) is 33.9 Å². The van der Waals surface area contributed by atoms with E-state index in [1.807, 2.05) is 24.3 Å². The largest absolute Gasteiger partial charge is 0.492 e. The number of carbonyl (C=O) groups excluding carboxylic acids is 1. The third-order valence-corrected chi connectivity index (χ3v) is 8.96. The minimum absolute atomic E-state index is 0.173. The number of carbonyl (C=O) groups is 1. The highest BCUT2D eigenvalue weighted by Gasteiger charge is 2.27. The predicted octanol–water partition coefficient (Wildman–Crippen LogP) is 7.35. The molecule has 1 aliphatic carbocycles. The van der Waals surface area contributed by atoms with Crippen molar-refractivity contribution in [3.63, 3.8) is 0 Å². The molecule has 0 radical (unpaired) electrons. The zero-order valence-electron chi connectivity index (χ0n) is 27.3. The Hall–Kier alpha value is -3.93. The summed E-state index contributed by atoms with van der Waals surface area (Å²) in [6.45, 7) is 5.73. The summed E-state index contributed by atoms with van der Waals surface area (Å²) >= 11 is 0. The van der Waals surface area contributed by atoms with Gasteiger partial charge in [0.25, 0.3) is 0 Å². The molecule has 0 heterocycles. The number of nitrogens with zero attached hydrogens (tertiary/aromatic N) is 1. The molecule has 2 unspecified atom stereocenters. The van der Waals surface area contributed by atoms with Gasteiger partial charge in [0, 0.05) is 20.1 Å². The van der Waals surface area contributed by atoms with E-state index in [2.05, 4.69) is 85.6 Å². The van der Waals surface area contributed by atoms with Crippen molar-refractivity contribution in [3.05, 3.63) is 136 Å². The van der Waals surface area contributed by atoms with E-state index in [1.165, 1.54) is 46.1 Å². The molecule has 0 N–H and O–H groups in total. The van der Waals surface area contributed by atoms with E-state index in [0.717, 1.165) is 50.0 Å². The van der Waals surface area contributed by atoms with Crippen molar-refractivity contribution in [2.45, 2.75) is 64.5 Å². The predicted molar refractivity (Wildman–Crippen MR) is 181 cm³/mol. The highest BCUT2D eigenvalue weighted by atomic mass is 16.6. The van der Waals surface area contributed by atoms with Gasteiger partial charge in [0.1, 0.15) is 12.4 Å². The van der Waals surface area contributed by atoms with Crippen molar-refractivity contribution < 1.29 is 19.0 Å². The lowest BCUT2D eigenvalue weighted by Crippen LogP contribution is -2.30. The maximum absolute atomic E-state index is 12.1. The molecule has 0 fully saturated rings. The van der Waals surface area contributed by atoms with Crippen LogP contribution < -0.4 is 4.74 Å². The van der Waals surface area contributed by atoms with Gasteiger partial charge < -0.3 is 14.2 Å². The Morgan fingerprint density at radius 1 is 0.800 bits per heavy atom. The van der Waals surface area contributed by atoms with Crippen molar-refractivity contribution >= 4 is 5.97 Å². The van der Waals surface area contributed by atoms with Gasteiger partial charge in [-0.25, -0.2) is 4.79 Å². The SMILES string of the molecule is CCOC(=O)C(Cc1ccc(OCCN(C)C2c3ccc(CCc4ccccc4)cc3CCc3ccc(CC)cc32)cc1)OC. The second-order valence-electron chi connectivity index (χ2n) is 12.0. The number of fused-ring (bicyclic) bond motifs is 2. The Labute approximate surface area is 269 Å². The van der Waals surface area contributed by atoms with Crippen LogP contribution >= 0.6 is 0 Å². The average molecular weight is 606 g/mol. The number of rotatable bonds is 14. The number of methoxy groups -OCH3 is 1. The normalized spacial score (nSPS) is 14.7. The van der Waals surface area contributed by atoms with Crippen LogP contribution in [-0.2, 0) is 52.8 Å². The summed E-state index contributed by atoms with van der Waals surface area (Å²) in [6, 6.07) is 33.1. The Morgan fingerprint density at radius 2 is 1.51 bits per heavy atom. The summed E-state index contributed by atoms with van der Waals surface area (Å²) in [5.41, 5.74) is 10.9. The van der Waals surface area contributed by atoms with Gasteiger partial charge in [-0.15, -0.1) is 0 Å². The van der Waals surface area contributed by atoms with Crippen molar-refractivity contribution in [3.8, 4) is 5.75 Å². The average Bonchev–Trinajstić information content (AvgIpc) is 3.23. The number of benzene rings is 4. The van der Waals surface area contributed by atoms with Crippen molar-refractivity contribution in [2.24, 2.45) is 0 Å². The van der Waals surface area contributed by atoms with Gasteiger partial charge >= 0.3 is 5.97 Å². The number of ether oxygens (including phenoxy) is 3. The molecule has 4 aromatic rings. The third kappa shape index (κ3) is 8.42. The molecule has 0 amide bonds. The van der Waals surface area contributed by atoms with Crippen LogP contribution in [-0.4, -0.2) is 50.9 Å². The first kappa shape index (κ1) is 32.5. The summed E-state index contributed by atoms with van der Waals surface area (Å²) < 4.78 is 16.7. The number of aryl methyl sites for hydroxylation is 5. The van der Waals surface area contributed by atoms with Gasteiger partial charge in [0.05, 0.1) is 12.6 Å². The summed E-state index contributed by atoms with van der Waals surface area (Å²) in [4.78, 5) is 14.6. The molecule has 1 aliphatic rings. The van der Waals surface area contributed by atoms with E-state index in [0.29, 0.717) is 19.6 Å². The molecule has 0 saturated carbocycles. The Bertz CT molecular complexity index is 1530. The first-order valence-electron chi connectivity index (χ1n) is 16.4. The fraction of sp³-hybridized carbons (Fsp3) is 0.375. The molecular formula is C40H47NO4. The van der Waals surface area contributed by atoms with Crippen LogP contribution in [0.2, 0.25) is 0 Å². The van der Waals surface area contributed by atoms with Gasteiger partial charge in [-0.05, 0) is 103 Å². The summed E-state index contributed by atoms with van der Waals surface area (Å²) in [6.07, 6.45) is 5.10. The van der Waals surface area contributed by atoms with Gasteiger partial charge in [0.15, 0.2) is 6.10 Å². The molecule has 0 saturated heterocycles. The zero-order chi connectivity index (χ0) is 31.6. The minimum atomic E-state index is -0.608. The van der Waals surface area contributed by atoms with Crippen LogP contribution in [0.5, 0.6) is 5.75 Å². The van der Waals surface area contributed by atoms with Gasteiger partial charge in [-0.3, -0.25) is 4.90 Å². The maximum Gasteiger partial charge on any atom is 0.335 e. The monoisotopic (exact) mass is 605 g/mol. The molecule has 0 aliphatic heterocycles. The zero-order valence-corrected chi connectivity index (χ0v) is 27.3. The van der Waals surface area contributed by atoms with Crippen LogP contribution in [0.1, 0.15) is 64.4 Å². The van der Waals surface area contributed by atoms with Crippen LogP contribution in [0.3, 0.4) is 0 Å². The number of esters is 1. The number of likely N-dealkylation sites (N-methyl/N-ethyl adjacent to an activating group) is 1. The molecule has 5 rings (SSSR count). The molecule has 0 bridgehead atoms. The lowest BCUT2D eigenvalue weighted by atomic mass is 9.90. The van der Waals surface area contributed by atoms with Crippen LogP contribution in [0.25, 0.3) is 0 Å². The van der Waals surface area contributed by atoms with Gasteiger partial charge in [0.2, 0.25) is 0 Å². The van der Waals surface area contributed by atoms with E-state index in [9.17, 15) is 4.79 Å². The quantitative estimate of drug-likeness (QED) is 0.141. The van der Waals surface area contributed by atoms with E-state index in [1.54, 1.807) is 6.92 Å². The Balaban J connectivity index is 1.28. The lowest BCUT2D eigenvalue weighted by molar-refractivity contribution is -0.154. The Kier molecular flexibility index (Phi) is 11.5. The van der Waals surface area contributed by atoms with Crippen molar-refractivity contribution in [1.29, 1.82) is 0 Å². The van der Waals surface area contributed by atoms with E-state index in [-0.39, 0.29) is 12.0 Å². The summed E-state index contributed by atoms with van der Waals surface area (Å²) in [5, 5.41) is 0. The van der Waals surface area contributed by atoms with Gasteiger partial charge in [-0.2, -0.15) is 0 Å². The van der Waals surface area contributed by atoms with E-state index in [4.69, 9.17) is 14.2 Å². The molecule has 5 nitrogen and oxygen atoms in total. The third-order valence-electron chi connectivity index (χ3n) is 8.96. The topological polar surface area (TPSA) is 48.0 Å². The van der Waals surface area contributed by atoms with E-state index >= 15 is 0 Å². The number of hydrogen-bond acceptors (Lipinski definition) is 5. The molecule has 45 heavy (non-hydrogen) atoms. The van der Waals surface area contributed by atoms with Crippen LogP contribution in [0, 0.1) is 0 Å². The fourth-order valence-corrected chi connectivity index (χ4v) is 6.36. The standard InChI is InChI=1S/C40H47NO4/c1-5-29-14-18-33-19-20-34-26-31(13-12-30-10-8-7-9-11-30)17-23-36(34)39(37(33)27-29)41(3)24-25-45-35-21-15-32(16-22-35)28-38(43-4)40(42)44-6-2/h7-11,14-18,21-23,26-27,38-39H,5-6,12-13,19-20,24-25,28H2,1-4H3. The smallest absolute Gasteiger partial charge is 0.335 e. The fourth-order valence-electron chi connectivity index (χ4n) is 6.36. The molecular weight excluding hydrogens is 558 g/mol. The minimum Gasteiger partial charge on any atom is -0.492 e. The van der Waals surface area contributed by atoms with Crippen molar-refractivity contribution in [1.82, 2.24) is 4.90 Å². The van der Waals surface area contributed by atoms with Gasteiger partial charge in [-0.1, -0.05) is 85.8 Å². The Morgan fingerprint density at radius 3 is 2.24 bits per heavy atom. The highest BCUT2D eigenvalue weighted by molar-refractivity contribution is 5.75.